The van der Waals surface area contributed by atoms with E-state index in [1.54, 1.807) is 13.0 Å². The third kappa shape index (κ3) is 1.76. The maximum atomic E-state index is 12.8. The Morgan fingerprint density at radius 1 is 1.62 bits per heavy atom. The van der Waals surface area contributed by atoms with Crippen molar-refractivity contribution in [1.82, 2.24) is 0 Å². The van der Waals surface area contributed by atoms with E-state index in [-0.39, 0.29) is 11.3 Å². The number of benzene rings is 1. The lowest BCUT2D eigenvalue weighted by molar-refractivity contribution is 0.459. The van der Waals surface area contributed by atoms with Gasteiger partial charge in [-0.3, -0.25) is 0 Å². The van der Waals surface area contributed by atoms with Gasteiger partial charge in [0.2, 0.25) is 0 Å². The number of nitrogens with two attached hydrogens (primary N) is 1. The van der Waals surface area contributed by atoms with Crippen molar-refractivity contribution >= 4 is 0 Å². The fourth-order valence-corrected chi connectivity index (χ4v) is 1.07. The lowest BCUT2D eigenvalue weighted by atomic mass is 10.0. The van der Waals surface area contributed by atoms with Crippen molar-refractivity contribution in [2.45, 2.75) is 13.0 Å². The van der Waals surface area contributed by atoms with E-state index < -0.39 is 11.9 Å². The van der Waals surface area contributed by atoms with Crippen molar-refractivity contribution in [2.75, 3.05) is 0 Å². The lowest BCUT2D eigenvalue weighted by Crippen LogP contribution is -2.08. The van der Waals surface area contributed by atoms with Crippen LogP contribution in [0, 0.1) is 24.1 Å². The molecule has 0 saturated heterocycles. The van der Waals surface area contributed by atoms with Crippen LogP contribution in [0.25, 0.3) is 0 Å². The van der Waals surface area contributed by atoms with E-state index in [0.29, 0.717) is 5.56 Å². The van der Waals surface area contributed by atoms with Gasteiger partial charge in [0.25, 0.3) is 0 Å². The van der Waals surface area contributed by atoms with Gasteiger partial charge in [0, 0.05) is 5.56 Å². The molecule has 3 N–H and O–H groups in total. The Morgan fingerprint density at radius 3 is 2.77 bits per heavy atom. The molecule has 0 unspecified atom stereocenters. The summed E-state index contributed by atoms with van der Waals surface area (Å²) in [6, 6.07) is 2.99. The third-order valence-electron chi connectivity index (χ3n) is 1.77. The molecule has 0 aliphatic heterocycles. The van der Waals surface area contributed by atoms with Gasteiger partial charge in [-0.2, -0.15) is 5.26 Å². The second kappa shape index (κ2) is 3.42. The number of hydrogen-bond acceptors (Lipinski definition) is 3. The number of phenolic OH excluding ortho intramolecular Hbond substituents is 1. The second-order valence-electron chi connectivity index (χ2n) is 2.77. The summed E-state index contributed by atoms with van der Waals surface area (Å²) in [5.41, 5.74) is 5.85. The summed E-state index contributed by atoms with van der Waals surface area (Å²) in [6.45, 7) is 1.55. The highest BCUT2D eigenvalue weighted by Gasteiger charge is 2.13. The summed E-state index contributed by atoms with van der Waals surface area (Å²) >= 11 is 0. The molecule has 4 heteroatoms. The predicted molar refractivity (Wildman–Crippen MR) is 45.3 cm³/mol. The maximum Gasteiger partial charge on any atom is 0.124 e. The molecule has 1 aromatic rings. The van der Waals surface area contributed by atoms with Crippen LogP contribution < -0.4 is 5.73 Å². The molecular weight excluding hydrogens is 171 g/mol. The zero-order chi connectivity index (χ0) is 10.0. The van der Waals surface area contributed by atoms with Gasteiger partial charge >= 0.3 is 0 Å². The molecule has 68 valence electrons. The van der Waals surface area contributed by atoms with Crippen molar-refractivity contribution in [3.63, 3.8) is 0 Å². The van der Waals surface area contributed by atoms with E-state index in [9.17, 15) is 9.50 Å². The number of nitrogens with zero attached hydrogens (tertiary/aromatic N) is 1. The molecule has 1 aromatic carbocycles. The number of nitriles is 1. The van der Waals surface area contributed by atoms with Gasteiger partial charge in [-0.1, -0.05) is 0 Å². The molecule has 0 aromatic heterocycles. The smallest absolute Gasteiger partial charge is 0.124 e. The standard InChI is InChI=1S/C9H9FN2O/c1-5-2-6(10)3-7(9(5)13)8(12)4-11/h2-3,8,13H,12H2,1H3/t8-/m0/s1. The molecule has 13 heavy (non-hydrogen) atoms. The highest BCUT2D eigenvalue weighted by Crippen LogP contribution is 2.27. The molecule has 0 spiro atoms. The first-order valence-corrected chi connectivity index (χ1v) is 3.70. The molecule has 0 bridgehead atoms. The van der Waals surface area contributed by atoms with Crippen LogP contribution >= 0.6 is 0 Å². The topological polar surface area (TPSA) is 70.0 Å². The molecule has 1 rings (SSSR count). The maximum absolute atomic E-state index is 12.8. The van der Waals surface area contributed by atoms with Gasteiger partial charge in [0.1, 0.15) is 17.6 Å². The van der Waals surface area contributed by atoms with Gasteiger partial charge in [0.15, 0.2) is 0 Å². The van der Waals surface area contributed by atoms with E-state index in [2.05, 4.69) is 0 Å². The highest BCUT2D eigenvalue weighted by molar-refractivity contribution is 5.43. The van der Waals surface area contributed by atoms with Crippen molar-refractivity contribution in [1.29, 1.82) is 5.26 Å². The van der Waals surface area contributed by atoms with Gasteiger partial charge in [0.05, 0.1) is 6.07 Å². The molecular formula is C9H9FN2O. The summed E-state index contributed by atoms with van der Waals surface area (Å²) in [4.78, 5) is 0. The largest absolute Gasteiger partial charge is 0.507 e. The van der Waals surface area contributed by atoms with Gasteiger partial charge in [-0.15, -0.1) is 0 Å². The van der Waals surface area contributed by atoms with Crippen molar-refractivity contribution in [3.05, 3.63) is 29.1 Å². The Hall–Kier alpha value is -1.60. The van der Waals surface area contributed by atoms with Gasteiger partial charge < -0.3 is 10.8 Å². The van der Waals surface area contributed by atoms with Crippen LogP contribution in [0.3, 0.4) is 0 Å². The average Bonchev–Trinajstić information content (AvgIpc) is 2.10. The fourth-order valence-electron chi connectivity index (χ4n) is 1.07. The molecule has 0 fully saturated rings. The van der Waals surface area contributed by atoms with E-state index in [1.165, 1.54) is 6.07 Å². The number of aromatic hydroxyl groups is 1. The van der Waals surface area contributed by atoms with Crippen LogP contribution in [0.15, 0.2) is 12.1 Å². The molecule has 3 nitrogen and oxygen atoms in total. The first-order valence-electron chi connectivity index (χ1n) is 3.70. The first kappa shape index (κ1) is 9.49. The Bertz CT molecular complexity index is 371. The number of phenols is 1. The quantitative estimate of drug-likeness (QED) is 0.685. The number of hydrogen-bond donors (Lipinski definition) is 2. The first-order chi connectivity index (χ1) is 6.06. The zero-order valence-corrected chi connectivity index (χ0v) is 7.08. The SMILES string of the molecule is Cc1cc(F)cc([C@@H](N)C#N)c1O. The minimum atomic E-state index is -0.991. The van der Waals surface area contributed by atoms with Gasteiger partial charge in [-0.25, -0.2) is 4.39 Å². The van der Waals surface area contributed by atoms with Crippen LogP contribution in [-0.2, 0) is 0 Å². The van der Waals surface area contributed by atoms with Crippen LogP contribution in [0.4, 0.5) is 4.39 Å². The molecule has 0 aliphatic carbocycles. The van der Waals surface area contributed by atoms with Crippen LogP contribution in [-0.4, -0.2) is 5.11 Å². The highest BCUT2D eigenvalue weighted by atomic mass is 19.1. The Balaban J connectivity index is 3.30. The van der Waals surface area contributed by atoms with Crippen LogP contribution in [0.2, 0.25) is 0 Å². The molecule has 0 radical (unpaired) electrons. The number of aryl methyl sites for hydroxylation is 1. The average molecular weight is 180 g/mol. The van der Waals surface area contributed by atoms with Crippen molar-refractivity contribution in [2.24, 2.45) is 5.73 Å². The molecule has 1 atom stereocenters. The van der Waals surface area contributed by atoms with Crippen LogP contribution in [0.1, 0.15) is 17.2 Å². The minimum absolute atomic E-state index is 0.115. The number of rotatable bonds is 1. The van der Waals surface area contributed by atoms with E-state index in [0.717, 1.165) is 6.07 Å². The fraction of sp³-hybridized carbons (Fsp3) is 0.222. The summed E-state index contributed by atoms with van der Waals surface area (Å²) in [6.07, 6.45) is 0. The summed E-state index contributed by atoms with van der Waals surface area (Å²) in [5.74, 6) is -0.619. The van der Waals surface area contributed by atoms with E-state index in [4.69, 9.17) is 11.0 Å². The predicted octanol–water partition coefficient (Wildman–Crippen LogP) is 1.36. The van der Waals surface area contributed by atoms with E-state index >= 15 is 0 Å². The number of halogens is 1. The molecule has 0 aliphatic rings. The molecule has 0 amide bonds. The monoisotopic (exact) mass is 180 g/mol. The summed E-state index contributed by atoms with van der Waals surface area (Å²) < 4.78 is 12.8. The zero-order valence-electron chi connectivity index (χ0n) is 7.08. The van der Waals surface area contributed by atoms with Crippen molar-refractivity contribution < 1.29 is 9.50 Å². The third-order valence-corrected chi connectivity index (χ3v) is 1.77. The normalized spacial score (nSPS) is 12.2. The Morgan fingerprint density at radius 2 is 2.23 bits per heavy atom. The lowest BCUT2D eigenvalue weighted by Gasteiger charge is -2.08. The van der Waals surface area contributed by atoms with E-state index in [1.807, 2.05) is 0 Å². The van der Waals surface area contributed by atoms with Gasteiger partial charge in [-0.05, 0) is 24.6 Å². The Kier molecular flexibility index (Phi) is 2.49. The van der Waals surface area contributed by atoms with Crippen molar-refractivity contribution in [3.8, 4) is 11.8 Å². The minimum Gasteiger partial charge on any atom is -0.507 e. The van der Waals surface area contributed by atoms with Crippen LogP contribution in [0.5, 0.6) is 5.75 Å². The Labute approximate surface area is 75.2 Å². The molecule has 0 saturated carbocycles. The second-order valence-corrected chi connectivity index (χ2v) is 2.77. The molecule has 0 heterocycles. The summed E-state index contributed by atoms with van der Waals surface area (Å²) in [7, 11) is 0. The summed E-state index contributed by atoms with van der Waals surface area (Å²) in [5, 5.41) is 17.9.